The normalized spacial score (nSPS) is 16.4. The first kappa shape index (κ1) is 18.7. The van der Waals surface area contributed by atoms with Gasteiger partial charge in [-0.3, -0.25) is 9.69 Å². The lowest BCUT2D eigenvalue weighted by Crippen LogP contribution is -2.30. The fraction of sp³-hybridized carbons (Fsp3) is 0.0870. The van der Waals surface area contributed by atoms with Crippen LogP contribution in [0.4, 0.5) is 14.5 Å². The summed E-state index contributed by atoms with van der Waals surface area (Å²) in [5, 5.41) is 10.7. The number of hydrogen-bond donors (Lipinski definition) is 1. The maximum Gasteiger partial charge on any atom is 0.294 e. The summed E-state index contributed by atoms with van der Waals surface area (Å²) >= 11 is 0. The third kappa shape index (κ3) is 3.23. The predicted molar refractivity (Wildman–Crippen MR) is 106 cm³/mol. The van der Waals surface area contributed by atoms with Crippen LogP contribution in [0, 0.1) is 11.6 Å². The fourth-order valence-electron chi connectivity index (χ4n) is 3.53. The van der Waals surface area contributed by atoms with E-state index in [1.165, 1.54) is 42.3 Å². The van der Waals surface area contributed by atoms with E-state index in [2.05, 4.69) is 0 Å². The molecule has 0 saturated carbocycles. The summed E-state index contributed by atoms with van der Waals surface area (Å²) in [7, 11) is 1.53. The molecule has 0 unspecified atom stereocenters. The molecule has 0 fully saturated rings. The number of hydrogen-bond acceptors (Lipinski definition) is 3. The van der Waals surface area contributed by atoms with E-state index in [9.17, 15) is 18.7 Å². The van der Waals surface area contributed by atoms with Gasteiger partial charge in [0.25, 0.3) is 5.91 Å². The minimum Gasteiger partial charge on any atom is -0.503 e. The van der Waals surface area contributed by atoms with Crippen molar-refractivity contribution in [2.45, 2.75) is 6.04 Å². The van der Waals surface area contributed by atoms with Crippen LogP contribution in [0.5, 0.6) is 5.75 Å². The van der Waals surface area contributed by atoms with Gasteiger partial charge in [0, 0.05) is 16.8 Å². The highest BCUT2D eigenvalue weighted by atomic mass is 19.1. The third-order valence-electron chi connectivity index (χ3n) is 4.91. The molecular formula is C23H17F2NO3. The number of benzene rings is 3. The molecule has 1 N–H and O–H groups in total. The number of ether oxygens (including phenoxy) is 1. The maximum absolute atomic E-state index is 14.7. The number of anilines is 1. The van der Waals surface area contributed by atoms with E-state index in [1.807, 2.05) is 0 Å². The minimum absolute atomic E-state index is 0.222. The molecule has 29 heavy (non-hydrogen) atoms. The van der Waals surface area contributed by atoms with Gasteiger partial charge in [-0.2, -0.15) is 0 Å². The van der Waals surface area contributed by atoms with Gasteiger partial charge in [-0.05, 0) is 48.0 Å². The molecule has 6 heteroatoms. The van der Waals surface area contributed by atoms with Crippen molar-refractivity contribution in [2.75, 3.05) is 12.0 Å². The van der Waals surface area contributed by atoms with Crippen LogP contribution in [-0.2, 0) is 4.79 Å². The fourth-order valence-corrected chi connectivity index (χ4v) is 3.53. The molecule has 1 heterocycles. The molecule has 1 amide bonds. The zero-order valence-electron chi connectivity index (χ0n) is 15.5. The number of aliphatic hydroxyl groups is 1. The van der Waals surface area contributed by atoms with Crippen molar-refractivity contribution in [3.8, 4) is 5.75 Å². The van der Waals surface area contributed by atoms with Crippen LogP contribution < -0.4 is 9.64 Å². The third-order valence-corrected chi connectivity index (χ3v) is 4.91. The highest BCUT2D eigenvalue weighted by molar-refractivity contribution is 6.16. The first-order chi connectivity index (χ1) is 14.0. The van der Waals surface area contributed by atoms with Crippen LogP contribution in [-0.4, -0.2) is 18.1 Å². The SMILES string of the molecule is COc1ccc(C2=C(O)C(=O)N(c3ccc(F)cc3)[C@@H]2c2ccccc2F)cc1. The second-order valence-corrected chi connectivity index (χ2v) is 6.57. The summed E-state index contributed by atoms with van der Waals surface area (Å²) in [5.41, 5.74) is 1.39. The van der Waals surface area contributed by atoms with E-state index in [-0.39, 0.29) is 11.1 Å². The van der Waals surface area contributed by atoms with Crippen molar-refractivity contribution in [1.82, 2.24) is 0 Å². The zero-order valence-corrected chi connectivity index (χ0v) is 15.5. The number of aliphatic hydroxyl groups excluding tert-OH is 1. The van der Waals surface area contributed by atoms with Crippen LogP contribution in [0.2, 0.25) is 0 Å². The van der Waals surface area contributed by atoms with Crippen molar-refractivity contribution in [1.29, 1.82) is 0 Å². The monoisotopic (exact) mass is 393 g/mol. The van der Waals surface area contributed by atoms with Gasteiger partial charge in [0.05, 0.1) is 13.2 Å². The molecule has 4 nitrogen and oxygen atoms in total. The highest BCUT2D eigenvalue weighted by Gasteiger charge is 2.43. The Labute approximate surface area is 166 Å². The van der Waals surface area contributed by atoms with E-state index in [1.54, 1.807) is 42.5 Å². The number of rotatable bonds is 4. The molecule has 146 valence electrons. The minimum atomic E-state index is -0.914. The molecule has 1 aliphatic heterocycles. The standard InChI is InChI=1S/C23H17F2NO3/c1-29-17-12-6-14(7-13-17)20-21(18-4-2-3-5-19(18)25)26(23(28)22(20)27)16-10-8-15(24)9-11-16/h2-13,21,27H,1H3/t21-/m1/s1. The van der Waals surface area contributed by atoms with E-state index < -0.39 is 29.3 Å². The number of carbonyl (C=O) groups is 1. The van der Waals surface area contributed by atoms with Gasteiger partial charge in [-0.1, -0.05) is 30.3 Å². The van der Waals surface area contributed by atoms with Gasteiger partial charge in [-0.25, -0.2) is 8.78 Å². The summed E-state index contributed by atoms with van der Waals surface area (Å²) < 4.78 is 33.3. The first-order valence-corrected chi connectivity index (χ1v) is 8.92. The molecular weight excluding hydrogens is 376 g/mol. The molecule has 0 saturated heterocycles. The Morgan fingerprint density at radius 2 is 1.59 bits per heavy atom. The Balaban J connectivity index is 1.91. The summed E-state index contributed by atoms with van der Waals surface area (Å²) in [5.74, 6) is -1.53. The summed E-state index contributed by atoms with van der Waals surface area (Å²) in [6, 6.07) is 17.2. The Kier molecular flexibility index (Phi) is 4.76. The Morgan fingerprint density at radius 3 is 2.21 bits per heavy atom. The molecule has 0 radical (unpaired) electrons. The van der Waals surface area contributed by atoms with Gasteiger partial charge >= 0.3 is 0 Å². The largest absolute Gasteiger partial charge is 0.503 e. The molecule has 1 atom stereocenters. The lowest BCUT2D eigenvalue weighted by atomic mass is 9.93. The topological polar surface area (TPSA) is 49.8 Å². The Hall–Kier alpha value is -3.67. The Morgan fingerprint density at radius 1 is 0.931 bits per heavy atom. The lowest BCUT2D eigenvalue weighted by Gasteiger charge is -2.27. The van der Waals surface area contributed by atoms with Crippen molar-refractivity contribution in [2.24, 2.45) is 0 Å². The molecule has 3 aromatic carbocycles. The molecule has 0 spiro atoms. The molecule has 0 aliphatic carbocycles. The van der Waals surface area contributed by atoms with E-state index in [0.717, 1.165) is 0 Å². The zero-order chi connectivity index (χ0) is 20.5. The summed E-state index contributed by atoms with van der Waals surface area (Å²) in [6.07, 6.45) is 0. The molecule has 0 aromatic heterocycles. The first-order valence-electron chi connectivity index (χ1n) is 8.92. The quantitative estimate of drug-likeness (QED) is 0.676. The van der Waals surface area contributed by atoms with E-state index >= 15 is 0 Å². The molecule has 3 aromatic rings. The van der Waals surface area contributed by atoms with Crippen LogP contribution in [0.25, 0.3) is 5.57 Å². The number of amides is 1. The Bertz CT molecular complexity index is 1090. The van der Waals surface area contributed by atoms with Gasteiger partial charge in [0.15, 0.2) is 5.76 Å². The second-order valence-electron chi connectivity index (χ2n) is 6.57. The van der Waals surface area contributed by atoms with Crippen molar-refractivity contribution in [3.05, 3.63) is 101 Å². The van der Waals surface area contributed by atoms with E-state index in [4.69, 9.17) is 4.74 Å². The number of halogens is 2. The number of nitrogens with zero attached hydrogens (tertiary/aromatic N) is 1. The van der Waals surface area contributed by atoms with Gasteiger partial charge in [0.2, 0.25) is 0 Å². The van der Waals surface area contributed by atoms with Gasteiger partial charge in [-0.15, -0.1) is 0 Å². The highest BCUT2D eigenvalue weighted by Crippen LogP contribution is 2.46. The van der Waals surface area contributed by atoms with Crippen LogP contribution >= 0.6 is 0 Å². The second kappa shape index (κ2) is 7.39. The summed E-state index contributed by atoms with van der Waals surface area (Å²) in [6.45, 7) is 0. The predicted octanol–water partition coefficient (Wildman–Crippen LogP) is 5.03. The van der Waals surface area contributed by atoms with E-state index in [0.29, 0.717) is 17.0 Å². The van der Waals surface area contributed by atoms with Crippen molar-refractivity contribution in [3.63, 3.8) is 0 Å². The molecule has 1 aliphatic rings. The smallest absolute Gasteiger partial charge is 0.294 e. The van der Waals surface area contributed by atoms with Gasteiger partial charge < -0.3 is 9.84 Å². The summed E-state index contributed by atoms with van der Waals surface area (Å²) in [4.78, 5) is 14.2. The number of methoxy groups -OCH3 is 1. The van der Waals surface area contributed by atoms with Crippen LogP contribution in [0.3, 0.4) is 0 Å². The lowest BCUT2D eigenvalue weighted by molar-refractivity contribution is -0.117. The average molecular weight is 393 g/mol. The molecule has 4 rings (SSSR count). The maximum atomic E-state index is 14.7. The van der Waals surface area contributed by atoms with Gasteiger partial charge in [0.1, 0.15) is 17.4 Å². The van der Waals surface area contributed by atoms with Crippen molar-refractivity contribution < 1.29 is 23.4 Å². The molecule has 0 bridgehead atoms. The average Bonchev–Trinajstić information content (AvgIpc) is 3.00. The van der Waals surface area contributed by atoms with Crippen LogP contribution in [0.15, 0.2) is 78.6 Å². The number of carbonyl (C=O) groups excluding carboxylic acids is 1. The van der Waals surface area contributed by atoms with Crippen LogP contribution in [0.1, 0.15) is 17.2 Å². The van der Waals surface area contributed by atoms with Crippen molar-refractivity contribution >= 4 is 17.2 Å².